The number of hydrogen-bond acceptors (Lipinski definition) is 3. The Hall–Kier alpha value is -1.60. The number of sulfonamides is 1. The van der Waals surface area contributed by atoms with Crippen LogP contribution in [-0.4, -0.2) is 14.3 Å². The van der Waals surface area contributed by atoms with Gasteiger partial charge in [-0.2, -0.15) is 0 Å². The molecule has 0 heterocycles. The molecular weight excluding hydrogens is 359 g/mol. The molecule has 23 heavy (non-hydrogen) atoms. The van der Waals surface area contributed by atoms with Crippen molar-refractivity contribution < 1.29 is 13.2 Å². The molecule has 0 aromatic heterocycles. The van der Waals surface area contributed by atoms with Gasteiger partial charge in [0.2, 0.25) is 15.9 Å². The third-order valence-corrected chi connectivity index (χ3v) is 4.75. The van der Waals surface area contributed by atoms with Crippen LogP contribution in [0.4, 0.5) is 0 Å². The Kier molecular flexibility index (Phi) is 5.64. The van der Waals surface area contributed by atoms with Gasteiger partial charge in [0.05, 0.1) is 5.75 Å². The van der Waals surface area contributed by atoms with Gasteiger partial charge in [0.1, 0.15) is 0 Å². The number of carbonyl (C=O) groups excluding carboxylic acids is 1. The van der Waals surface area contributed by atoms with Crippen molar-refractivity contribution in [1.29, 1.82) is 0 Å². The molecule has 8 heteroatoms. The summed E-state index contributed by atoms with van der Waals surface area (Å²) in [5.74, 6) is -0.762. The summed E-state index contributed by atoms with van der Waals surface area (Å²) in [5, 5.41) is 0.759. The lowest BCUT2D eigenvalue weighted by atomic mass is 10.1. The van der Waals surface area contributed by atoms with Gasteiger partial charge in [-0.05, 0) is 41.5 Å². The van der Waals surface area contributed by atoms with E-state index in [1.54, 1.807) is 36.4 Å². The normalized spacial score (nSPS) is 11.4. The number of halogens is 2. The molecule has 1 amide bonds. The van der Waals surface area contributed by atoms with Crippen molar-refractivity contribution in [3.05, 3.63) is 69.2 Å². The van der Waals surface area contributed by atoms with Crippen LogP contribution in [0, 0.1) is 0 Å². The standard InChI is InChI=1S/C15H14Cl2N2O3S/c16-13-5-11(6-14(17)7-13)9-23(21,22)19-8-10-1-3-12(4-2-10)15(18)20/h1-7,19H,8-9H2,(H2,18,20). The monoisotopic (exact) mass is 372 g/mol. The fourth-order valence-corrected chi connectivity index (χ4v) is 3.61. The third kappa shape index (κ3) is 5.51. The van der Waals surface area contributed by atoms with Crippen molar-refractivity contribution in [2.75, 3.05) is 0 Å². The zero-order valence-corrected chi connectivity index (χ0v) is 14.3. The second kappa shape index (κ2) is 7.31. The van der Waals surface area contributed by atoms with Crippen molar-refractivity contribution >= 4 is 39.1 Å². The molecule has 0 aliphatic rings. The molecule has 2 aromatic rings. The Balaban J connectivity index is 2.02. The molecule has 0 atom stereocenters. The molecule has 3 N–H and O–H groups in total. The lowest BCUT2D eigenvalue weighted by Gasteiger charge is -2.08. The van der Waals surface area contributed by atoms with E-state index in [0.29, 0.717) is 26.7 Å². The molecule has 122 valence electrons. The number of nitrogens with one attached hydrogen (secondary N) is 1. The van der Waals surface area contributed by atoms with E-state index in [4.69, 9.17) is 28.9 Å². The molecule has 0 aliphatic carbocycles. The van der Waals surface area contributed by atoms with Crippen LogP contribution in [0.3, 0.4) is 0 Å². The Bertz CT molecular complexity index is 801. The Morgan fingerprint density at radius 3 is 2.09 bits per heavy atom. The maximum atomic E-state index is 12.1. The maximum absolute atomic E-state index is 12.1. The minimum Gasteiger partial charge on any atom is -0.366 e. The molecular formula is C15H14Cl2N2O3S. The van der Waals surface area contributed by atoms with Crippen LogP contribution < -0.4 is 10.5 Å². The lowest BCUT2D eigenvalue weighted by molar-refractivity contribution is 0.100. The summed E-state index contributed by atoms with van der Waals surface area (Å²) in [6, 6.07) is 11.0. The van der Waals surface area contributed by atoms with E-state index in [9.17, 15) is 13.2 Å². The summed E-state index contributed by atoms with van der Waals surface area (Å²) in [6.07, 6.45) is 0. The second-order valence-electron chi connectivity index (χ2n) is 4.92. The van der Waals surface area contributed by atoms with Crippen molar-refractivity contribution in [3.8, 4) is 0 Å². The number of rotatable bonds is 6. The third-order valence-electron chi connectivity index (χ3n) is 3.01. The minimum absolute atomic E-state index is 0.107. The first-order chi connectivity index (χ1) is 10.7. The molecule has 0 bridgehead atoms. The number of nitrogens with two attached hydrogens (primary N) is 1. The summed E-state index contributed by atoms with van der Waals surface area (Å²) in [5.41, 5.74) is 6.72. The molecule has 0 saturated carbocycles. The molecule has 0 fully saturated rings. The SMILES string of the molecule is NC(=O)c1ccc(CNS(=O)(=O)Cc2cc(Cl)cc(Cl)c2)cc1. The predicted molar refractivity (Wildman–Crippen MR) is 90.9 cm³/mol. The van der Waals surface area contributed by atoms with Gasteiger partial charge >= 0.3 is 0 Å². The van der Waals surface area contributed by atoms with E-state index in [1.807, 2.05) is 0 Å². The largest absolute Gasteiger partial charge is 0.366 e. The Morgan fingerprint density at radius 2 is 1.57 bits per heavy atom. The Morgan fingerprint density at radius 1 is 1.00 bits per heavy atom. The van der Waals surface area contributed by atoms with Crippen LogP contribution in [-0.2, 0) is 22.3 Å². The van der Waals surface area contributed by atoms with Gasteiger partial charge in [0.25, 0.3) is 0 Å². The topological polar surface area (TPSA) is 89.3 Å². The zero-order chi connectivity index (χ0) is 17.0. The molecule has 0 unspecified atom stereocenters. The quantitative estimate of drug-likeness (QED) is 0.816. The summed E-state index contributed by atoms with van der Waals surface area (Å²) in [7, 11) is -3.55. The first-order valence-corrected chi connectivity index (χ1v) is 8.97. The van der Waals surface area contributed by atoms with Gasteiger partial charge < -0.3 is 5.73 Å². The second-order valence-corrected chi connectivity index (χ2v) is 7.60. The highest BCUT2D eigenvalue weighted by Gasteiger charge is 2.12. The molecule has 0 saturated heterocycles. The molecule has 0 radical (unpaired) electrons. The van der Waals surface area contributed by atoms with Crippen LogP contribution in [0.5, 0.6) is 0 Å². The fraction of sp³-hybridized carbons (Fsp3) is 0.133. The van der Waals surface area contributed by atoms with E-state index in [1.165, 1.54) is 6.07 Å². The number of hydrogen-bond donors (Lipinski definition) is 2. The molecule has 2 rings (SSSR count). The van der Waals surface area contributed by atoms with E-state index in [2.05, 4.69) is 4.72 Å². The van der Waals surface area contributed by atoms with Gasteiger partial charge in [-0.3, -0.25) is 4.79 Å². The van der Waals surface area contributed by atoms with Gasteiger partial charge in [0, 0.05) is 22.2 Å². The number of carbonyl (C=O) groups is 1. The Labute approximate surface area is 144 Å². The number of primary amides is 1. The van der Waals surface area contributed by atoms with Crippen LogP contribution in [0.1, 0.15) is 21.5 Å². The number of amides is 1. The highest BCUT2D eigenvalue weighted by Crippen LogP contribution is 2.20. The van der Waals surface area contributed by atoms with Crippen LogP contribution in [0.2, 0.25) is 10.0 Å². The molecule has 0 spiro atoms. The van der Waals surface area contributed by atoms with Crippen LogP contribution in [0.25, 0.3) is 0 Å². The average Bonchev–Trinajstić information content (AvgIpc) is 2.44. The fourth-order valence-electron chi connectivity index (χ4n) is 1.94. The van der Waals surface area contributed by atoms with Crippen molar-refractivity contribution in [3.63, 3.8) is 0 Å². The maximum Gasteiger partial charge on any atom is 0.248 e. The smallest absolute Gasteiger partial charge is 0.248 e. The van der Waals surface area contributed by atoms with E-state index >= 15 is 0 Å². The van der Waals surface area contributed by atoms with Crippen molar-refractivity contribution in [1.82, 2.24) is 4.72 Å². The van der Waals surface area contributed by atoms with E-state index in [-0.39, 0.29) is 12.3 Å². The first-order valence-electron chi connectivity index (χ1n) is 6.56. The highest BCUT2D eigenvalue weighted by molar-refractivity contribution is 7.88. The molecule has 5 nitrogen and oxygen atoms in total. The van der Waals surface area contributed by atoms with Gasteiger partial charge in [-0.1, -0.05) is 35.3 Å². The van der Waals surface area contributed by atoms with Crippen LogP contribution >= 0.6 is 23.2 Å². The number of benzene rings is 2. The summed E-state index contributed by atoms with van der Waals surface area (Å²) in [6.45, 7) is 0.107. The minimum atomic E-state index is -3.55. The van der Waals surface area contributed by atoms with Gasteiger partial charge in [-0.15, -0.1) is 0 Å². The van der Waals surface area contributed by atoms with Crippen molar-refractivity contribution in [2.45, 2.75) is 12.3 Å². The lowest BCUT2D eigenvalue weighted by Crippen LogP contribution is -2.24. The van der Waals surface area contributed by atoms with E-state index in [0.717, 1.165) is 0 Å². The van der Waals surface area contributed by atoms with E-state index < -0.39 is 15.9 Å². The molecule has 2 aromatic carbocycles. The molecule has 0 aliphatic heterocycles. The van der Waals surface area contributed by atoms with Crippen LogP contribution in [0.15, 0.2) is 42.5 Å². The van der Waals surface area contributed by atoms with Gasteiger partial charge in [-0.25, -0.2) is 13.1 Å². The zero-order valence-electron chi connectivity index (χ0n) is 11.9. The average molecular weight is 373 g/mol. The van der Waals surface area contributed by atoms with Gasteiger partial charge in [0.15, 0.2) is 0 Å². The summed E-state index contributed by atoms with van der Waals surface area (Å²) >= 11 is 11.7. The first kappa shape index (κ1) is 17.7. The summed E-state index contributed by atoms with van der Waals surface area (Å²) < 4.78 is 26.7. The predicted octanol–water partition coefficient (Wildman–Crippen LogP) is 2.71. The van der Waals surface area contributed by atoms with Crippen molar-refractivity contribution in [2.24, 2.45) is 5.73 Å². The summed E-state index contributed by atoms with van der Waals surface area (Å²) in [4.78, 5) is 11.0. The highest BCUT2D eigenvalue weighted by atomic mass is 35.5.